The summed E-state index contributed by atoms with van der Waals surface area (Å²) in [6.07, 6.45) is 5.25. The number of benzene rings is 2. The van der Waals surface area contributed by atoms with Crippen LogP contribution in [0.5, 0.6) is 5.75 Å². The number of methoxy groups -OCH3 is 1. The molecule has 31 heavy (non-hydrogen) atoms. The highest BCUT2D eigenvalue weighted by atomic mass is 19.1. The van der Waals surface area contributed by atoms with Crippen LogP contribution in [0.4, 0.5) is 4.39 Å². The molecule has 2 N–H and O–H groups in total. The number of halogens is 1. The van der Waals surface area contributed by atoms with Crippen molar-refractivity contribution >= 4 is 0 Å². The number of aromatic nitrogens is 4. The molecule has 4 aromatic rings. The first-order valence-electron chi connectivity index (χ1n) is 10.5. The van der Waals surface area contributed by atoms with E-state index in [1.165, 1.54) is 23.7 Å². The average molecular weight is 417 g/mol. The fourth-order valence-electron chi connectivity index (χ4n) is 4.14. The number of nitrogens with one attached hydrogen (secondary N) is 2. The average Bonchev–Trinajstić information content (AvgIpc) is 3.51. The van der Waals surface area contributed by atoms with Gasteiger partial charge in [-0.2, -0.15) is 10.2 Å². The fraction of sp³-hybridized carbons (Fsp3) is 0.250. The lowest BCUT2D eigenvalue weighted by Gasteiger charge is -2.06. The van der Waals surface area contributed by atoms with E-state index in [2.05, 4.69) is 15.5 Å². The number of fused-ring (bicyclic) bond motifs is 1. The Morgan fingerprint density at radius 3 is 2.74 bits per heavy atom. The Bertz CT molecular complexity index is 1200. The number of para-hydroxylation sites is 1. The number of aryl methyl sites for hydroxylation is 1. The number of nitrogens with zero attached hydrogens (tertiary/aromatic N) is 3. The van der Waals surface area contributed by atoms with Gasteiger partial charge in [-0.1, -0.05) is 12.1 Å². The molecule has 0 saturated carbocycles. The molecule has 158 valence electrons. The first-order valence-corrected chi connectivity index (χ1v) is 10.5. The van der Waals surface area contributed by atoms with Crippen LogP contribution in [0.1, 0.15) is 28.9 Å². The van der Waals surface area contributed by atoms with Gasteiger partial charge in [0.2, 0.25) is 0 Å². The maximum Gasteiger partial charge on any atom is 0.148 e. The van der Waals surface area contributed by atoms with Gasteiger partial charge in [0.25, 0.3) is 0 Å². The molecule has 0 amide bonds. The van der Waals surface area contributed by atoms with Crippen molar-refractivity contribution in [2.75, 3.05) is 7.11 Å². The molecule has 0 fully saturated rings. The lowest BCUT2D eigenvalue weighted by molar-refractivity contribution is 0.415. The predicted molar refractivity (Wildman–Crippen MR) is 117 cm³/mol. The van der Waals surface area contributed by atoms with Gasteiger partial charge in [-0.25, -0.2) is 9.07 Å². The van der Waals surface area contributed by atoms with E-state index in [1.54, 1.807) is 23.9 Å². The summed E-state index contributed by atoms with van der Waals surface area (Å²) < 4.78 is 21.3. The Balaban J connectivity index is 1.43. The largest absolute Gasteiger partial charge is 0.497 e. The van der Waals surface area contributed by atoms with Gasteiger partial charge in [-0.15, -0.1) is 0 Å². The third kappa shape index (κ3) is 3.84. The second-order valence-electron chi connectivity index (χ2n) is 7.71. The Morgan fingerprint density at radius 2 is 1.94 bits per heavy atom. The van der Waals surface area contributed by atoms with E-state index in [0.29, 0.717) is 18.8 Å². The van der Waals surface area contributed by atoms with Crippen LogP contribution in [0.3, 0.4) is 0 Å². The second-order valence-corrected chi connectivity index (χ2v) is 7.71. The molecule has 0 aliphatic heterocycles. The lowest BCUT2D eigenvalue weighted by atomic mass is 10.1. The summed E-state index contributed by atoms with van der Waals surface area (Å²) in [5, 5.41) is 15.8. The van der Waals surface area contributed by atoms with Gasteiger partial charge in [-0.3, -0.25) is 5.10 Å². The zero-order valence-electron chi connectivity index (χ0n) is 17.4. The molecule has 0 saturated heterocycles. The number of ether oxygens (including phenoxy) is 1. The van der Waals surface area contributed by atoms with Crippen molar-refractivity contribution in [1.82, 2.24) is 25.3 Å². The summed E-state index contributed by atoms with van der Waals surface area (Å²) >= 11 is 0. The standard InChI is InChI=1S/C24H24FN5O/c1-31-18-11-9-16(10-12-18)24-17(15-30(29-24)23-8-3-2-6-20(23)25)13-26-14-22-19-5-4-7-21(19)27-28-22/h2-3,6,8-12,15,26H,4-5,7,13-14H2,1H3,(H,27,28). The molecule has 1 aliphatic rings. The molecule has 1 aliphatic carbocycles. The molecule has 2 heterocycles. The van der Waals surface area contributed by atoms with Crippen molar-refractivity contribution in [2.45, 2.75) is 32.4 Å². The summed E-state index contributed by atoms with van der Waals surface area (Å²) in [4.78, 5) is 0. The summed E-state index contributed by atoms with van der Waals surface area (Å²) in [7, 11) is 1.64. The Morgan fingerprint density at radius 1 is 1.10 bits per heavy atom. The van der Waals surface area contributed by atoms with E-state index in [0.717, 1.165) is 41.1 Å². The van der Waals surface area contributed by atoms with E-state index in [-0.39, 0.29) is 5.82 Å². The topological polar surface area (TPSA) is 67.8 Å². The lowest BCUT2D eigenvalue weighted by Crippen LogP contribution is -2.14. The molecule has 7 heteroatoms. The first kappa shape index (κ1) is 19.5. The molecule has 0 radical (unpaired) electrons. The highest BCUT2D eigenvalue weighted by Crippen LogP contribution is 2.27. The van der Waals surface area contributed by atoms with E-state index in [4.69, 9.17) is 9.84 Å². The van der Waals surface area contributed by atoms with E-state index < -0.39 is 0 Å². The molecule has 6 nitrogen and oxygen atoms in total. The van der Waals surface area contributed by atoms with E-state index in [9.17, 15) is 4.39 Å². The minimum Gasteiger partial charge on any atom is -0.497 e. The normalized spacial score (nSPS) is 12.8. The van der Waals surface area contributed by atoms with Crippen LogP contribution in [0.2, 0.25) is 0 Å². The van der Waals surface area contributed by atoms with Crippen LogP contribution in [0.25, 0.3) is 16.9 Å². The highest BCUT2D eigenvalue weighted by molar-refractivity contribution is 5.64. The number of aromatic amines is 1. The number of hydrogen-bond donors (Lipinski definition) is 2. The van der Waals surface area contributed by atoms with Crippen LogP contribution >= 0.6 is 0 Å². The highest BCUT2D eigenvalue weighted by Gasteiger charge is 2.19. The van der Waals surface area contributed by atoms with Crippen molar-refractivity contribution < 1.29 is 9.13 Å². The van der Waals surface area contributed by atoms with Gasteiger partial charge < -0.3 is 10.1 Å². The minimum atomic E-state index is -0.308. The SMILES string of the molecule is COc1ccc(-c2nn(-c3ccccc3F)cc2CNCc2n[nH]c3c2CCC3)cc1. The van der Waals surface area contributed by atoms with Crippen LogP contribution in [0, 0.1) is 5.82 Å². The molecule has 0 atom stereocenters. The van der Waals surface area contributed by atoms with Crippen molar-refractivity contribution in [3.8, 4) is 22.7 Å². The number of hydrogen-bond acceptors (Lipinski definition) is 4. The Labute approximate surface area is 180 Å². The van der Waals surface area contributed by atoms with Gasteiger partial charge in [0.1, 0.15) is 17.3 Å². The van der Waals surface area contributed by atoms with Crippen molar-refractivity contribution in [1.29, 1.82) is 0 Å². The van der Waals surface area contributed by atoms with E-state index >= 15 is 0 Å². The molecule has 2 aromatic heterocycles. The summed E-state index contributed by atoms with van der Waals surface area (Å²) in [5.74, 6) is 0.474. The van der Waals surface area contributed by atoms with Crippen molar-refractivity contribution in [3.63, 3.8) is 0 Å². The van der Waals surface area contributed by atoms with Gasteiger partial charge >= 0.3 is 0 Å². The van der Waals surface area contributed by atoms with Crippen LogP contribution in [-0.2, 0) is 25.9 Å². The van der Waals surface area contributed by atoms with Crippen molar-refractivity contribution in [3.05, 3.63) is 83.1 Å². The first-order chi connectivity index (χ1) is 15.2. The summed E-state index contributed by atoms with van der Waals surface area (Å²) in [6.45, 7) is 1.27. The van der Waals surface area contributed by atoms with Crippen LogP contribution < -0.4 is 10.1 Å². The third-order valence-electron chi connectivity index (χ3n) is 5.75. The quantitative estimate of drug-likeness (QED) is 0.473. The van der Waals surface area contributed by atoms with Crippen LogP contribution in [0.15, 0.2) is 54.7 Å². The predicted octanol–water partition coefficient (Wildman–Crippen LogP) is 4.19. The molecule has 0 spiro atoms. The zero-order valence-corrected chi connectivity index (χ0v) is 17.4. The van der Waals surface area contributed by atoms with Gasteiger partial charge in [0.05, 0.1) is 18.5 Å². The molecule has 0 unspecified atom stereocenters. The van der Waals surface area contributed by atoms with Crippen molar-refractivity contribution in [2.24, 2.45) is 0 Å². The third-order valence-corrected chi connectivity index (χ3v) is 5.75. The summed E-state index contributed by atoms with van der Waals surface area (Å²) in [6, 6.07) is 14.4. The molecule has 2 aromatic carbocycles. The summed E-state index contributed by atoms with van der Waals surface area (Å²) in [5.41, 5.74) is 6.88. The second kappa shape index (κ2) is 8.35. The molecular formula is C24H24FN5O. The van der Waals surface area contributed by atoms with Gasteiger partial charge in [-0.05, 0) is 61.2 Å². The number of H-pyrrole nitrogens is 1. The van der Waals surface area contributed by atoms with Crippen LogP contribution in [-0.4, -0.2) is 27.1 Å². The monoisotopic (exact) mass is 417 g/mol. The maximum atomic E-state index is 14.4. The van der Waals surface area contributed by atoms with Gasteiger partial charge in [0.15, 0.2) is 0 Å². The zero-order chi connectivity index (χ0) is 21.2. The maximum absolute atomic E-state index is 14.4. The molecule has 0 bridgehead atoms. The smallest absolute Gasteiger partial charge is 0.148 e. The minimum absolute atomic E-state index is 0.308. The Hall–Kier alpha value is -3.45. The molecular weight excluding hydrogens is 393 g/mol. The number of rotatable bonds is 7. The fourth-order valence-corrected chi connectivity index (χ4v) is 4.14. The van der Waals surface area contributed by atoms with E-state index in [1.807, 2.05) is 36.5 Å². The van der Waals surface area contributed by atoms with Gasteiger partial charge in [0, 0.05) is 36.1 Å². The molecule has 5 rings (SSSR count). The Kier molecular flexibility index (Phi) is 5.26.